The number of hydrogen-bond donors (Lipinski definition) is 2. The second-order valence-corrected chi connectivity index (χ2v) is 11.6. The lowest BCUT2D eigenvalue weighted by Gasteiger charge is -2.44. The zero-order valence-corrected chi connectivity index (χ0v) is 21.2. The highest BCUT2D eigenvalue weighted by Gasteiger charge is 2.41. The van der Waals surface area contributed by atoms with E-state index >= 15 is 0 Å². The number of nitrogens with one attached hydrogen (secondary N) is 1. The molecule has 190 valence electrons. The minimum Gasteiger partial charge on any atom is -0.481 e. The number of carboxylic acids is 1. The topological polar surface area (TPSA) is 76.4 Å². The summed E-state index contributed by atoms with van der Waals surface area (Å²) in [6, 6.07) is 21.9. The molecule has 3 aliphatic rings. The van der Waals surface area contributed by atoms with E-state index in [4.69, 9.17) is 0 Å². The van der Waals surface area contributed by atoms with Gasteiger partial charge in [0, 0.05) is 25.0 Å². The molecule has 3 fully saturated rings. The molecule has 0 aromatic heterocycles. The van der Waals surface area contributed by atoms with Crippen molar-refractivity contribution in [1.82, 2.24) is 10.2 Å². The smallest absolute Gasteiger partial charge is 0.306 e. The number of rotatable bonds is 9. The van der Waals surface area contributed by atoms with Crippen molar-refractivity contribution >= 4 is 5.97 Å². The van der Waals surface area contributed by atoms with Gasteiger partial charge in [-0.1, -0.05) is 42.5 Å². The Hall–Kier alpha value is -2.68. The second-order valence-electron chi connectivity index (χ2n) is 11.6. The maximum absolute atomic E-state index is 11.3. The summed E-state index contributed by atoms with van der Waals surface area (Å²) in [5.41, 5.74) is 3.66. The van der Waals surface area contributed by atoms with Crippen molar-refractivity contribution in [3.63, 3.8) is 0 Å². The van der Waals surface area contributed by atoms with Gasteiger partial charge >= 0.3 is 5.97 Å². The molecule has 5 rings (SSSR count). The van der Waals surface area contributed by atoms with Crippen LogP contribution in [0.5, 0.6) is 0 Å². The third-order valence-corrected chi connectivity index (χ3v) is 9.02. The largest absolute Gasteiger partial charge is 0.481 e. The number of hydrogen-bond acceptors (Lipinski definition) is 4. The average Bonchev–Trinajstić information content (AvgIpc) is 3.70. The van der Waals surface area contributed by atoms with Crippen molar-refractivity contribution in [2.75, 3.05) is 26.2 Å². The van der Waals surface area contributed by atoms with Crippen LogP contribution in [-0.2, 0) is 11.2 Å². The van der Waals surface area contributed by atoms with Crippen LogP contribution >= 0.6 is 0 Å². The molecular weight excluding hydrogens is 446 g/mol. The molecule has 1 saturated heterocycles. The fourth-order valence-electron chi connectivity index (χ4n) is 6.60. The van der Waals surface area contributed by atoms with E-state index in [9.17, 15) is 15.2 Å². The zero-order valence-electron chi connectivity index (χ0n) is 21.2. The summed E-state index contributed by atoms with van der Waals surface area (Å²) in [5, 5.41) is 22.6. The molecule has 5 heteroatoms. The lowest BCUT2D eigenvalue weighted by Crippen LogP contribution is -2.48. The van der Waals surface area contributed by atoms with Gasteiger partial charge in [0.05, 0.1) is 17.6 Å². The van der Waals surface area contributed by atoms with Gasteiger partial charge in [-0.2, -0.15) is 5.26 Å². The quantitative estimate of drug-likeness (QED) is 0.509. The van der Waals surface area contributed by atoms with Crippen LogP contribution in [0.1, 0.15) is 67.6 Å². The molecule has 0 unspecified atom stereocenters. The summed E-state index contributed by atoms with van der Waals surface area (Å²) in [7, 11) is 0. The number of carboxylic acid groups (broad SMARTS) is 1. The van der Waals surface area contributed by atoms with E-state index in [1.54, 1.807) is 0 Å². The van der Waals surface area contributed by atoms with Crippen LogP contribution in [0.25, 0.3) is 0 Å². The van der Waals surface area contributed by atoms with Crippen molar-refractivity contribution in [2.45, 2.75) is 63.3 Å². The molecule has 1 heterocycles. The molecule has 2 aromatic carbocycles. The Morgan fingerprint density at radius 2 is 1.81 bits per heavy atom. The van der Waals surface area contributed by atoms with E-state index in [1.807, 2.05) is 12.1 Å². The van der Waals surface area contributed by atoms with E-state index in [1.165, 1.54) is 17.5 Å². The van der Waals surface area contributed by atoms with Crippen molar-refractivity contribution < 1.29 is 9.90 Å². The third kappa shape index (κ3) is 6.17. The molecule has 36 heavy (non-hydrogen) atoms. The first-order valence-corrected chi connectivity index (χ1v) is 13.8. The summed E-state index contributed by atoms with van der Waals surface area (Å²) in [6.45, 7) is 4.34. The van der Waals surface area contributed by atoms with E-state index in [0.29, 0.717) is 17.9 Å². The van der Waals surface area contributed by atoms with E-state index in [-0.39, 0.29) is 11.3 Å². The van der Waals surface area contributed by atoms with Gasteiger partial charge < -0.3 is 15.3 Å². The monoisotopic (exact) mass is 485 g/mol. The van der Waals surface area contributed by atoms with Gasteiger partial charge in [-0.05, 0) is 99.0 Å². The van der Waals surface area contributed by atoms with Gasteiger partial charge in [-0.25, -0.2) is 0 Å². The first kappa shape index (κ1) is 25.0. The fourth-order valence-corrected chi connectivity index (χ4v) is 6.60. The van der Waals surface area contributed by atoms with Crippen molar-refractivity contribution in [2.24, 2.45) is 17.3 Å². The molecular formula is C31H39N3O2. The van der Waals surface area contributed by atoms with Crippen LogP contribution in [0.4, 0.5) is 0 Å². The molecule has 2 N–H and O–H groups in total. The molecule has 0 spiro atoms. The Kier molecular flexibility index (Phi) is 7.74. The number of nitriles is 1. The molecule has 0 amide bonds. The fraction of sp³-hybridized carbons (Fsp3) is 0.548. The minimum atomic E-state index is -0.616. The summed E-state index contributed by atoms with van der Waals surface area (Å²) >= 11 is 0. The van der Waals surface area contributed by atoms with Crippen LogP contribution in [0.15, 0.2) is 54.6 Å². The minimum absolute atomic E-state index is 0.132. The highest BCUT2D eigenvalue weighted by atomic mass is 16.4. The maximum atomic E-state index is 11.3. The number of likely N-dealkylation sites (tertiary alicyclic amines) is 1. The van der Waals surface area contributed by atoms with Gasteiger partial charge in [-0.3, -0.25) is 4.79 Å². The van der Waals surface area contributed by atoms with Crippen LogP contribution in [0, 0.1) is 28.6 Å². The van der Waals surface area contributed by atoms with Crippen LogP contribution in [-0.4, -0.2) is 48.2 Å². The predicted octanol–water partition coefficient (Wildman–Crippen LogP) is 5.22. The summed E-state index contributed by atoms with van der Waals surface area (Å²) < 4.78 is 0. The third-order valence-electron chi connectivity index (χ3n) is 9.02. The normalized spacial score (nSPS) is 27.8. The van der Waals surface area contributed by atoms with Crippen LogP contribution in [0.3, 0.4) is 0 Å². The molecule has 2 aliphatic carbocycles. The van der Waals surface area contributed by atoms with E-state index in [0.717, 1.165) is 76.7 Å². The standard InChI is InChI=1S/C31H39N3O2/c32-20-25-6-4-5-24(17-25)19-31(22-33-29-18-28(29)26-7-2-1-3-8-26)13-15-34(16-14-31)21-23-9-11-27(12-10-23)30(35)36/h1-8,17,23,27-29,33H,9-16,18-19,21-22H2,(H,35,36)/t23?,27?,28-,29+/m0/s1. The van der Waals surface area contributed by atoms with E-state index < -0.39 is 5.97 Å². The Labute approximate surface area is 215 Å². The Balaban J connectivity index is 1.19. The molecule has 2 aromatic rings. The van der Waals surface area contributed by atoms with Crippen LogP contribution in [0.2, 0.25) is 0 Å². The van der Waals surface area contributed by atoms with Gasteiger partial charge in [0.15, 0.2) is 0 Å². The van der Waals surface area contributed by atoms with Crippen molar-refractivity contribution in [3.8, 4) is 6.07 Å². The lowest BCUT2D eigenvalue weighted by molar-refractivity contribution is -0.143. The highest BCUT2D eigenvalue weighted by molar-refractivity contribution is 5.70. The molecule has 1 aliphatic heterocycles. The SMILES string of the molecule is N#Cc1cccc(CC2(CN[C@@H]3C[C@H]3c3ccccc3)CCN(CC3CCC(C(=O)O)CC3)CC2)c1. The Bertz CT molecular complexity index is 1060. The maximum Gasteiger partial charge on any atom is 0.306 e. The first-order valence-electron chi connectivity index (χ1n) is 13.8. The number of aliphatic carboxylic acids is 1. The molecule has 5 nitrogen and oxygen atoms in total. The Morgan fingerprint density at radius 3 is 2.50 bits per heavy atom. The number of nitrogens with zero attached hydrogens (tertiary/aromatic N) is 2. The van der Waals surface area contributed by atoms with Gasteiger partial charge in [0.1, 0.15) is 0 Å². The number of carbonyl (C=O) groups is 1. The van der Waals surface area contributed by atoms with Crippen molar-refractivity contribution in [3.05, 3.63) is 71.3 Å². The predicted molar refractivity (Wildman–Crippen MR) is 142 cm³/mol. The number of benzene rings is 2. The molecule has 2 saturated carbocycles. The van der Waals surface area contributed by atoms with Gasteiger partial charge in [-0.15, -0.1) is 0 Å². The van der Waals surface area contributed by atoms with Crippen LogP contribution < -0.4 is 5.32 Å². The first-order chi connectivity index (χ1) is 17.5. The van der Waals surface area contributed by atoms with Gasteiger partial charge in [0.25, 0.3) is 0 Å². The summed E-state index contributed by atoms with van der Waals surface area (Å²) in [4.78, 5) is 13.9. The second kappa shape index (κ2) is 11.2. The van der Waals surface area contributed by atoms with E-state index in [2.05, 4.69) is 58.8 Å². The lowest BCUT2D eigenvalue weighted by atomic mass is 9.73. The number of piperidine rings is 1. The van der Waals surface area contributed by atoms with Gasteiger partial charge in [0.2, 0.25) is 0 Å². The van der Waals surface area contributed by atoms with Crippen molar-refractivity contribution in [1.29, 1.82) is 5.26 Å². The molecule has 2 atom stereocenters. The zero-order chi connectivity index (χ0) is 25.0. The molecule has 0 bridgehead atoms. The molecule has 0 radical (unpaired) electrons. The summed E-state index contributed by atoms with van der Waals surface area (Å²) in [5.74, 6) is 0.518. The Morgan fingerprint density at radius 1 is 1.06 bits per heavy atom. The summed E-state index contributed by atoms with van der Waals surface area (Å²) in [6.07, 6.45) is 8.30. The average molecular weight is 486 g/mol. The highest BCUT2D eigenvalue weighted by Crippen LogP contribution is 2.43.